The molecule has 0 saturated heterocycles. The van der Waals surface area contributed by atoms with Crippen LogP contribution in [0.3, 0.4) is 0 Å². The van der Waals surface area contributed by atoms with E-state index >= 15 is 0 Å². The molecule has 0 aliphatic carbocycles. The molecule has 130 valence electrons. The molecule has 5 nitrogen and oxygen atoms in total. The lowest BCUT2D eigenvalue weighted by Gasteiger charge is -2.13. The minimum absolute atomic E-state index is 0.00941. The van der Waals surface area contributed by atoms with Crippen molar-refractivity contribution in [2.24, 2.45) is 7.05 Å². The molecule has 1 amide bonds. The highest BCUT2D eigenvalue weighted by atomic mass is 35.5. The summed E-state index contributed by atoms with van der Waals surface area (Å²) in [5.41, 5.74) is 2.85. The maximum Gasteiger partial charge on any atom is 0.227 e. The molecule has 2 heterocycles. The monoisotopic (exact) mass is 370 g/mol. The molecule has 0 spiro atoms. The SMILES string of the molecule is COCCOc1cc(Cl)c(Cl)c2c1c1c(n2C)CCNC(=O)C1C. The zero-order valence-electron chi connectivity index (χ0n) is 13.9. The number of ether oxygens (including phenoxy) is 2. The Morgan fingerprint density at radius 1 is 1.38 bits per heavy atom. The third-order valence-corrected chi connectivity index (χ3v) is 5.29. The number of aromatic nitrogens is 1. The number of nitrogens with one attached hydrogen (secondary N) is 1. The van der Waals surface area contributed by atoms with Gasteiger partial charge in [-0.1, -0.05) is 23.2 Å². The number of nitrogens with zero attached hydrogens (tertiary/aromatic N) is 1. The van der Waals surface area contributed by atoms with Crippen LogP contribution in [0.25, 0.3) is 10.9 Å². The molecule has 7 heteroatoms. The minimum atomic E-state index is -0.284. The highest BCUT2D eigenvalue weighted by molar-refractivity contribution is 6.45. The number of rotatable bonds is 4. The first-order valence-electron chi connectivity index (χ1n) is 7.86. The molecule has 2 aromatic rings. The second-order valence-corrected chi connectivity index (χ2v) is 6.70. The third-order valence-electron chi connectivity index (χ3n) is 4.51. The number of methoxy groups -OCH3 is 1. The van der Waals surface area contributed by atoms with Gasteiger partial charge in [-0.25, -0.2) is 0 Å². The Morgan fingerprint density at radius 3 is 2.83 bits per heavy atom. The molecule has 1 aromatic carbocycles. The summed E-state index contributed by atoms with van der Waals surface area (Å²) in [7, 11) is 3.57. The summed E-state index contributed by atoms with van der Waals surface area (Å²) >= 11 is 12.8. The van der Waals surface area contributed by atoms with Gasteiger partial charge in [0.05, 0.1) is 28.1 Å². The molecular weight excluding hydrogens is 351 g/mol. The van der Waals surface area contributed by atoms with Crippen LogP contribution in [0, 0.1) is 0 Å². The Morgan fingerprint density at radius 2 is 2.12 bits per heavy atom. The summed E-state index contributed by atoms with van der Waals surface area (Å²) in [6.45, 7) is 3.37. The van der Waals surface area contributed by atoms with E-state index in [-0.39, 0.29) is 11.8 Å². The van der Waals surface area contributed by atoms with Gasteiger partial charge in [0.15, 0.2) is 0 Å². The number of hydrogen-bond donors (Lipinski definition) is 1. The zero-order chi connectivity index (χ0) is 17.4. The third kappa shape index (κ3) is 2.75. The van der Waals surface area contributed by atoms with E-state index in [9.17, 15) is 4.79 Å². The summed E-state index contributed by atoms with van der Waals surface area (Å²) in [5, 5.41) is 4.72. The average Bonchev–Trinajstić information content (AvgIpc) is 2.76. The van der Waals surface area contributed by atoms with Crippen LogP contribution < -0.4 is 10.1 Å². The molecule has 0 saturated carbocycles. The number of benzene rings is 1. The molecule has 1 atom stereocenters. The highest BCUT2D eigenvalue weighted by Gasteiger charge is 2.30. The van der Waals surface area contributed by atoms with Gasteiger partial charge in [-0.3, -0.25) is 4.79 Å². The number of carbonyl (C=O) groups is 1. The fourth-order valence-corrected chi connectivity index (χ4v) is 3.80. The predicted molar refractivity (Wildman–Crippen MR) is 95.4 cm³/mol. The van der Waals surface area contributed by atoms with E-state index in [4.69, 9.17) is 32.7 Å². The van der Waals surface area contributed by atoms with E-state index in [1.165, 1.54) is 0 Å². The van der Waals surface area contributed by atoms with Crippen LogP contribution in [0.15, 0.2) is 6.07 Å². The summed E-state index contributed by atoms with van der Waals surface area (Å²) in [4.78, 5) is 12.3. The number of carbonyl (C=O) groups excluding carboxylic acids is 1. The van der Waals surface area contributed by atoms with Crippen molar-refractivity contribution in [1.29, 1.82) is 0 Å². The molecule has 1 aliphatic rings. The Bertz CT molecular complexity index is 801. The van der Waals surface area contributed by atoms with Crippen LogP contribution in [0.1, 0.15) is 24.1 Å². The number of fused-ring (bicyclic) bond motifs is 3. The number of hydrogen-bond acceptors (Lipinski definition) is 3. The minimum Gasteiger partial charge on any atom is -0.490 e. The van der Waals surface area contributed by atoms with Crippen LogP contribution in [0.2, 0.25) is 10.0 Å². The lowest BCUT2D eigenvalue weighted by Crippen LogP contribution is -2.27. The average molecular weight is 371 g/mol. The van der Waals surface area contributed by atoms with Crippen molar-refractivity contribution in [3.05, 3.63) is 27.4 Å². The second-order valence-electron chi connectivity index (χ2n) is 5.92. The lowest BCUT2D eigenvalue weighted by atomic mass is 9.96. The van der Waals surface area contributed by atoms with E-state index in [0.29, 0.717) is 35.6 Å². The molecule has 24 heavy (non-hydrogen) atoms. The van der Waals surface area contributed by atoms with Gasteiger partial charge >= 0.3 is 0 Å². The number of amides is 1. The summed E-state index contributed by atoms with van der Waals surface area (Å²) in [6.07, 6.45) is 0.738. The van der Waals surface area contributed by atoms with Gasteiger partial charge in [0.1, 0.15) is 12.4 Å². The van der Waals surface area contributed by atoms with Crippen LogP contribution >= 0.6 is 23.2 Å². The number of aryl methyl sites for hydroxylation is 1. The smallest absolute Gasteiger partial charge is 0.227 e. The molecule has 1 unspecified atom stereocenters. The van der Waals surface area contributed by atoms with E-state index in [1.807, 2.05) is 18.5 Å². The largest absolute Gasteiger partial charge is 0.490 e. The molecule has 0 fully saturated rings. The summed E-state index contributed by atoms with van der Waals surface area (Å²) < 4.78 is 13.0. The van der Waals surface area contributed by atoms with Gasteiger partial charge in [-0.05, 0) is 12.5 Å². The van der Waals surface area contributed by atoms with Gasteiger partial charge in [0.25, 0.3) is 0 Å². The Labute approximate surface area is 150 Å². The molecule has 1 aromatic heterocycles. The highest BCUT2D eigenvalue weighted by Crippen LogP contribution is 2.44. The molecule has 1 N–H and O–H groups in total. The van der Waals surface area contributed by atoms with Crippen molar-refractivity contribution in [1.82, 2.24) is 9.88 Å². The van der Waals surface area contributed by atoms with Crippen LogP contribution in [-0.4, -0.2) is 37.3 Å². The van der Waals surface area contributed by atoms with Crippen LogP contribution in [-0.2, 0) is 23.0 Å². The fraction of sp³-hybridized carbons (Fsp3) is 0.471. The van der Waals surface area contributed by atoms with E-state index in [1.54, 1.807) is 13.2 Å². The van der Waals surface area contributed by atoms with E-state index in [0.717, 1.165) is 28.6 Å². The first kappa shape index (κ1) is 17.4. The van der Waals surface area contributed by atoms with E-state index in [2.05, 4.69) is 5.32 Å². The number of halogens is 2. The molecule has 1 aliphatic heterocycles. The quantitative estimate of drug-likeness (QED) is 0.840. The Kier molecular flexibility index (Phi) is 4.95. The fourth-order valence-electron chi connectivity index (χ4n) is 3.33. The standard InChI is InChI=1S/C17H20Cl2N2O3/c1-9-13-11(4-5-20-17(9)22)21(2)16-14(13)12(24-7-6-23-3)8-10(18)15(16)19/h8-9H,4-7H2,1-3H3,(H,20,22). The van der Waals surface area contributed by atoms with E-state index < -0.39 is 0 Å². The molecular formula is C17H20Cl2N2O3. The Balaban J connectivity index is 2.28. The maximum absolute atomic E-state index is 12.3. The van der Waals surface area contributed by atoms with Crippen LogP contribution in [0.5, 0.6) is 5.75 Å². The van der Waals surface area contributed by atoms with Gasteiger partial charge in [0.2, 0.25) is 5.91 Å². The zero-order valence-corrected chi connectivity index (χ0v) is 15.4. The lowest BCUT2D eigenvalue weighted by molar-refractivity contribution is -0.121. The second kappa shape index (κ2) is 6.82. The Hall–Kier alpha value is -1.43. The molecule has 3 rings (SSSR count). The van der Waals surface area contributed by atoms with Gasteiger partial charge in [-0.15, -0.1) is 0 Å². The van der Waals surface area contributed by atoms with Gasteiger partial charge in [0, 0.05) is 44.3 Å². The van der Waals surface area contributed by atoms with Crippen LogP contribution in [0.4, 0.5) is 0 Å². The predicted octanol–water partition coefficient (Wildman–Crippen LogP) is 3.29. The summed E-state index contributed by atoms with van der Waals surface area (Å²) in [5.74, 6) is 0.359. The van der Waals surface area contributed by atoms with Crippen molar-refractivity contribution in [3.8, 4) is 5.75 Å². The summed E-state index contributed by atoms with van der Waals surface area (Å²) in [6, 6.07) is 1.72. The maximum atomic E-state index is 12.3. The van der Waals surface area contributed by atoms with Gasteiger partial charge < -0.3 is 19.4 Å². The topological polar surface area (TPSA) is 52.5 Å². The van der Waals surface area contributed by atoms with Crippen molar-refractivity contribution in [3.63, 3.8) is 0 Å². The normalized spacial score (nSPS) is 17.5. The first-order chi connectivity index (χ1) is 11.5. The van der Waals surface area contributed by atoms with Crippen molar-refractivity contribution in [2.75, 3.05) is 26.9 Å². The van der Waals surface area contributed by atoms with Gasteiger partial charge in [-0.2, -0.15) is 0 Å². The van der Waals surface area contributed by atoms with Crippen molar-refractivity contribution < 1.29 is 14.3 Å². The molecule has 0 bridgehead atoms. The van der Waals surface area contributed by atoms with Crippen molar-refractivity contribution >= 4 is 40.0 Å². The molecule has 0 radical (unpaired) electrons. The first-order valence-corrected chi connectivity index (χ1v) is 8.61. The van der Waals surface area contributed by atoms with Crippen molar-refractivity contribution in [2.45, 2.75) is 19.3 Å².